The summed E-state index contributed by atoms with van der Waals surface area (Å²) in [7, 11) is 1.27. The van der Waals surface area contributed by atoms with Crippen LogP contribution in [-0.2, 0) is 16.0 Å². The van der Waals surface area contributed by atoms with E-state index in [2.05, 4.69) is 4.74 Å². The van der Waals surface area contributed by atoms with Gasteiger partial charge in [-0.05, 0) is 6.07 Å². The minimum atomic E-state index is -0.552. The number of ketones is 1. The molecule has 0 saturated carbocycles. The minimum absolute atomic E-state index is 0.0203. The van der Waals surface area contributed by atoms with Crippen molar-refractivity contribution in [2.75, 3.05) is 19.5 Å². The van der Waals surface area contributed by atoms with Crippen LogP contribution in [0.3, 0.4) is 0 Å². The molecule has 0 aliphatic carbocycles. The van der Waals surface area contributed by atoms with Crippen LogP contribution in [0.1, 0.15) is 15.9 Å². The highest BCUT2D eigenvalue weighted by atomic mass is 16.5. The molecule has 0 aromatic heterocycles. The Morgan fingerprint density at radius 3 is 2.94 bits per heavy atom. The van der Waals surface area contributed by atoms with Crippen molar-refractivity contribution < 1.29 is 19.1 Å². The van der Waals surface area contributed by atoms with Gasteiger partial charge >= 0.3 is 5.97 Å². The number of carbonyl (C=O) groups excluding carboxylic acids is 2. The van der Waals surface area contributed by atoms with Crippen molar-refractivity contribution in [3.05, 3.63) is 23.3 Å². The third-order valence-corrected chi connectivity index (χ3v) is 2.43. The van der Waals surface area contributed by atoms with Crippen molar-refractivity contribution in [3.8, 4) is 5.75 Å². The number of carbonyl (C=O) groups is 2. The summed E-state index contributed by atoms with van der Waals surface area (Å²) in [6.45, 7) is -0.0273. The first-order chi connectivity index (χ1) is 7.63. The molecule has 0 unspecified atom stereocenters. The molecule has 84 valence electrons. The van der Waals surface area contributed by atoms with Gasteiger partial charge in [-0.3, -0.25) is 4.79 Å². The molecular weight excluding hydrogens is 210 g/mol. The van der Waals surface area contributed by atoms with Crippen LogP contribution >= 0.6 is 0 Å². The molecule has 0 atom stereocenters. The van der Waals surface area contributed by atoms with Crippen molar-refractivity contribution in [2.45, 2.75) is 6.42 Å². The van der Waals surface area contributed by atoms with Crippen LogP contribution in [-0.4, -0.2) is 25.5 Å². The van der Waals surface area contributed by atoms with Crippen molar-refractivity contribution >= 4 is 17.4 Å². The highest BCUT2D eigenvalue weighted by Gasteiger charge is 2.25. The van der Waals surface area contributed by atoms with Crippen LogP contribution in [0.15, 0.2) is 12.1 Å². The molecule has 0 saturated heterocycles. The van der Waals surface area contributed by atoms with Crippen LogP contribution in [0.25, 0.3) is 0 Å². The van der Waals surface area contributed by atoms with Crippen LogP contribution in [0.2, 0.25) is 0 Å². The Morgan fingerprint density at radius 2 is 2.25 bits per heavy atom. The number of fused-ring (bicyclic) bond motifs is 1. The Hall–Kier alpha value is -2.04. The highest BCUT2D eigenvalue weighted by Crippen LogP contribution is 2.32. The normalized spacial score (nSPS) is 13.9. The zero-order valence-electron chi connectivity index (χ0n) is 8.78. The molecule has 5 nitrogen and oxygen atoms in total. The molecule has 0 bridgehead atoms. The first-order valence-corrected chi connectivity index (χ1v) is 4.77. The summed E-state index contributed by atoms with van der Waals surface area (Å²) in [5.41, 5.74) is 6.86. The fourth-order valence-electron chi connectivity index (χ4n) is 1.67. The summed E-state index contributed by atoms with van der Waals surface area (Å²) in [4.78, 5) is 22.7. The zero-order chi connectivity index (χ0) is 11.7. The van der Waals surface area contributed by atoms with Crippen LogP contribution in [0, 0.1) is 0 Å². The average Bonchev–Trinajstić information content (AvgIpc) is 2.28. The van der Waals surface area contributed by atoms with Crippen LogP contribution < -0.4 is 10.5 Å². The first-order valence-electron chi connectivity index (χ1n) is 4.77. The van der Waals surface area contributed by atoms with E-state index in [9.17, 15) is 9.59 Å². The second-order valence-corrected chi connectivity index (χ2v) is 3.51. The number of anilines is 1. The smallest absolute Gasteiger partial charge is 0.343 e. The third kappa shape index (κ3) is 1.60. The van der Waals surface area contributed by atoms with E-state index in [4.69, 9.17) is 10.5 Å². The molecule has 2 rings (SSSR count). The van der Waals surface area contributed by atoms with Crippen molar-refractivity contribution in [1.82, 2.24) is 0 Å². The largest absolute Gasteiger partial charge is 0.485 e. The van der Waals surface area contributed by atoms with Crippen molar-refractivity contribution in [2.24, 2.45) is 0 Å². The summed E-state index contributed by atoms with van der Waals surface area (Å²) in [6, 6.07) is 3.27. The standard InChI is InChI=1S/C11H11NO4/c1-15-11(14)9-8(12)3-2-6-4-7(13)5-16-10(6)9/h2-3H,4-5,12H2,1H3. The van der Waals surface area contributed by atoms with Gasteiger partial charge in [-0.1, -0.05) is 6.07 Å². The number of hydrogen-bond acceptors (Lipinski definition) is 5. The van der Waals surface area contributed by atoms with Gasteiger partial charge in [0, 0.05) is 17.7 Å². The van der Waals surface area contributed by atoms with Gasteiger partial charge in [0.1, 0.15) is 17.9 Å². The van der Waals surface area contributed by atoms with Gasteiger partial charge in [-0.15, -0.1) is 0 Å². The van der Waals surface area contributed by atoms with Gasteiger partial charge in [0.2, 0.25) is 0 Å². The lowest BCUT2D eigenvalue weighted by molar-refractivity contribution is -0.121. The molecule has 1 aliphatic heterocycles. The Kier molecular flexibility index (Phi) is 2.52. The van der Waals surface area contributed by atoms with Crippen molar-refractivity contribution in [3.63, 3.8) is 0 Å². The molecule has 5 heteroatoms. The SMILES string of the molecule is COC(=O)c1c(N)ccc2c1OCC(=O)C2. The van der Waals surface area contributed by atoms with Gasteiger partial charge in [-0.2, -0.15) is 0 Å². The molecule has 0 amide bonds. The lowest BCUT2D eigenvalue weighted by Gasteiger charge is -2.19. The predicted octanol–water partition coefficient (Wildman–Crippen LogP) is 0.559. The third-order valence-electron chi connectivity index (χ3n) is 2.43. The van der Waals surface area contributed by atoms with Gasteiger partial charge in [0.25, 0.3) is 0 Å². The quantitative estimate of drug-likeness (QED) is 0.553. The van der Waals surface area contributed by atoms with E-state index in [0.29, 0.717) is 17.0 Å². The fourth-order valence-corrected chi connectivity index (χ4v) is 1.67. The number of rotatable bonds is 1. The van der Waals surface area contributed by atoms with E-state index in [0.717, 1.165) is 0 Å². The molecule has 16 heavy (non-hydrogen) atoms. The predicted molar refractivity (Wildman–Crippen MR) is 56.4 cm³/mol. The maximum atomic E-state index is 11.5. The summed E-state index contributed by atoms with van der Waals surface area (Å²) in [5, 5.41) is 0. The maximum absolute atomic E-state index is 11.5. The Morgan fingerprint density at radius 1 is 1.50 bits per heavy atom. The van der Waals surface area contributed by atoms with E-state index < -0.39 is 5.97 Å². The molecular formula is C11H11NO4. The molecule has 1 aromatic carbocycles. The number of nitrogens with two attached hydrogens (primary N) is 1. The number of methoxy groups -OCH3 is 1. The minimum Gasteiger partial charge on any atom is -0.485 e. The molecule has 0 radical (unpaired) electrons. The van der Waals surface area contributed by atoms with E-state index in [1.165, 1.54) is 7.11 Å². The highest BCUT2D eigenvalue weighted by molar-refractivity contribution is 6.00. The van der Waals surface area contributed by atoms with Gasteiger partial charge in [0.15, 0.2) is 5.78 Å². The number of hydrogen-bond donors (Lipinski definition) is 1. The molecule has 0 spiro atoms. The van der Waals surface area contributed by atoms with E-state index in [1.807, 2.05) is 0 Å². The monoisotopic (exact) mass is 221 g/mol. The maximum Gasteiger partial charge on any atom is 0.343 e. The second-order valence-electron chi connectivity index (χ2n) is 3.51. The van der Waals surface area contributed by atoms with E-state index >= 15 is 0 Å². The first kappa shape index (κ1) is 10.5. The number of nitrogen functional groups attached to an aromatic ring is 1. The number of ether oxygens (including phenoxy) is 2. The average molecular weight is 221 g/mol. The Bertz CT molecular complexity index is 467. The van der Waals surface area contributed by atoms with Gasteiger partial charge in [0.05, 0.1) is 7.11 Å². The summed E-state index contributed by atoms with van der Waals surface area (Å²) in [5.74, 6) is -0.205. The van der Waals surface area contributed by atoms with E-state index in [1.54, 1.807) is 12.1 Å². The van der Waals surface area contributed by atoms with Crippen molar-refractivity contribution in [1.29, 1.82) is 0 Å². The lowest BCUT2D eigenvalue weighted by Crippen LogP contribution is -2.23. The van der Waals surface area contributed by atoms with Gasteiger partial charge in [-0.25, -0.2) is 4.79 Å². The van der Waals surface area contributed by atoms with Crippen LogP contribution in [0.4, 0.5) is 5.69 Å². The van der Waals surface area contributed by atoms with Gasteiger partial charge < -0.3 is 15.2 Å². The number of benzene rings is 1. The summed E-state index contributed by atoms with van der Waals surface area (Å²) >= 11 is 0. The summed E-state index contributed by atoms with van der Waals surface area (Å²) in [6.07, 6.45) is 0.263. The zero-order valence-corrected chi connectivity index (χ0v) is 8.78. The molecule has 2 N–H and O–H groups in total. The lowest BCUT2D eigenvalue weighted by atomic mass is 10.0. The second kappa shape index (κ2) is 3.84. The summed E-state index contributed by atoms with van der Waals surface area (Å²) < 4.78 is 9.87. The number of esters is 1. The van der Waals surface area contributed by atoms with E-state index in [-0.39, 0.29) is 24.4 Å². The topological polar surface area (TPSA) is 78.6 Å². The molecule has 1 aromatic rings. The fraction of sp³-hybridized carbons (Fsp3) is 0.273. The Balaban J connectivity index is 2.55. The molecule has 1 aliphatic rings. The molecule has 0 fully saturated rings. The number of Topliss-reactive ketones (excluding diaryl/α,β-unsaturated/α-hetero) is 1. The molecule has 1 heterocycles. The van der Waals surface area contributed by atoms with Crippen LogP contribution in [0.5, 0.6) is 5.75 Å². The Labute approximate surface area is 92.1 Å².